The molecule has 0 saturated heterocycles. The minimum Gasteiger partial charge on any atom is -0.486 e. The van der Waals surface area contributed by atoms with E-state index in [0.29, 0.717) is 17.0 Å². The van der Waals surface area contributed by atoms with Gasteiger partial charge in [0.15, 0.2) is 0 Å². The highest BCUT2D eigenvalue weighted by Crippen LogP contribution is 2.39. The maximum absolute atomic E-state index is 11.6. The number of benzene rings is 1. The van der Waals surface area contributed by atoms with Gasteiger partial charge in [0, 0.05) is 31.8 Å². The maximum atomic E-state index is 11.6. The smallest absolute Gasteiger partial charge is 0.321 e. The van der Waals surface area contributed by atoms with Crippen molar-refractivity contribution >= 4 is 11.7 Å². The molecule has 0 radical (unpaired) electrons. The molecule has 0 unspecified atom stereocenters. The van der Waals surface area contributed by atoms with E-state index in [1.807, 2.05) is 19.9 Å². The average molecular weight is 259 g/mol. The number of carbonyl (C=O) groups is 1. The lowest BCUT2D eigenvalue weighted by Crippen LogP contribution is -2.27. The summed E-state index contributed by atoms with van der Waals surface area (Å²) in [7, 11) is 3.33. The van der Waals surface area contributed by atoms with Crippen LogP contribution in [0.2, 0.25) is 0 Å². The maximum Gasteiger partial charge on any atom is 0.321 e. The van der Waals surface area contributed by atoms with E-state index in [2.05, 4.69) is 11.4 Å². The van der Waals surface area contributed by atoms with Crippen LogP contribution < -0.4 is 10.1 Å². The van der Waals surface area contributed by atoms with Crippen molar-refractivity contribution in [2.45, 2.75) is 25.9 Å². The van der Waals surface area contributed by atoms with Gasteiger partial charge in [-0.25, -0.2) is 4.79 Å². The molecule has 0 bridgehead atoms. The fourth-order valence-corrected chi connectivity index (χ4v) is 2.10. The van der Waals surface area contributed by atoms with Gasteiger partial charge in [-0.05, 0) is 26.0 Å². The first-order valence-electron chi connectivity index (χ1n) is 6.07. The third kappa shape index (κ3) is 2.63. The summed E-state index contributed by atoms with van der Waals surface area (Å²) in [5.74, 6) is 0.635. The minimum atomic E-state index is -0.307. The number of urea groups is 1. The molecule has 0 fully saturated rings. The van der Waals surface area contributed by atoms with E-state index in [-0.39, 0.29) is 11.6 Å². The van der Waals surface area contributed by atoms with Gasteiger partial charge in [-0.1, -0.05) is 0 Å². The number of nitrogens with one attached hydrogen (secondary N) is 1. The predicted molar refractivity (Wildman–Crippen MR) is 72.3 cm³/mol. The Bertz CT molecular complexity index is 571. The van der Waals surface area contributed by atoms with Crippen molar-refractivity contribution in [2.24, 2.45) is 0 Å². The lowest BCUT2D eigenvalue weighted by molar-refractivity contribution is 0.138. The Morgan fingerprint density at radius 1 is 1.47 bits per heavy atom. The fourth-order valence-electron chi connectivity index (χ4n) is 2.10. The highest BCUT2D eigenvalue weighted by atomic mass is 16.5. The highest BCUT2D eigenvalue weighted by Gasteiger charge is 2.32. The van der Waals surface area contributed by atoms with Gasteiger partial charge in [-0.3, -0.25) is 0 Å². The number of anilines is 1. The Morgan fingerprint density at radius 3 is 2.74 bits per heavy atom. The normalized spacial score (nSPS) is 15.1. The molecule has 0 spiro atoms. The van der Waals surface area contributed by atoms with E-state index in [1.165, 1.54) is 4.90 Å². The van der Waals surface area contributed by atoms with Gasteiger partial charge in [0.2, 0.25) is 0 Å². The molecule has 19 heavy (non-hydrogen) atoms. The first-order chi connectivity index (χ1) is 8.82. The summed E-state index contributed by atoms with van der Waals surface area (Å²) in [6, 6.07) is 5.41. The zero-order valence-corrected chi connectivity index (χ0v) is 11.6. The number of hydrogen-bond acceptors (Lipinski definition) is 3. The van der Waals surface area contributed by atoms with Gasteiger partial charge < -0.3 is 15.0 Å². The summed E-state index contributed by atoms with van der Waals surface area (Å²) in [5.41, 5.74) is 1.73. The average Bonchev–Trinajstić information content (AvgIpc) is 2.61. The van der Waals surface area contributed by atoms with Crippen molar-refractivity contribution in [3.63, 3.8) is 0 Å². The molecule has 0 saturated carbocycles. The van der Waals surface area contributed by atoms with Crippen LogP contribution in [-0.2, 0) is 6.42 Å². The second kappa shape index (κ2) is 4.47. The second-order valence-corrected chi connectivity index (χ2v) is 5.49. The molecule has 1 aliphatic heterocycles. The molecule has 1 aliphatic rings. The van der Waals surface area contributed by atoms with Crippen LogP contribution in [0.25, 0.3) is 0 Å². The summed E-state index contributed by atoms with van der Waals surface area (Å²) in [6.07, 6.45) is 0.725. The van der Waals surface area contributed by atoms with E-state index in [0.717, 1.165) is 12.0 Å². The second-order valence-electron chi connectivity index (χ2n) is 5.49. The standard InChI is InChI=1S/C14H17N3O2/c1-14(2)7-9-5-11(16-13(18)17(3)4)6-10(8-15)12(9)19-14/h5-6H,7H2,1-4H3,(H,16,18). The monoisotopic (exact) mass is 259 g/mol. The predicted octanol–water partition coefficient (Wildman–Crippen LogP) is 2.37. The number of rotatable bonds is 1. The number of hydrogen-bond donors (Lipinski definition) is 1. The van der Waals surface area contributed by atoms with E-state index in [1.54, 1.807) is 20.2 Å². The van der Waals surface area contributed by atoms with Gasteiger partial charge in [0.25, 0.3) is 0 Å². The van der Waals surface area contributed by atoms with Crippen molar-refractivity contribution in [2.75, 3.05) is 19.4 Å². The van der Waals surface area contributed by atoms with Gasteiger partial charge >= 0.3 is 6.03 Å². The molecule has 2 rings (SSSR count). The van der Waals surface area contributed by atoms with E-state index in [9.17, 15) is 10.1 Å². The van der Waals surface area contributed by atoms with Crippen molar-refractivity contribution < 1.29 is 9.53 Å². The first-order valence-corrected chi connectivity index (χ1v) is 6.07. The number of ether oxygens (including phenoxy) is 1. The Labute approximate surface area is 112 Å². The lowest BCUT2D eigenvalue weighted by atomic mass is 10.00. The molecule has 0 atom stereocenters. The topological polar surface area (TPSA) is 65.4 Å². The molecule has 1 aromatic rings. The third-order valence-corrected chi connectivity index (χ3v) is 2.94. The van der Waals surface area contributed by atoms with Crippen LogP contribution in [0.5, 0.6) is 5.75 Å². The molecule has 1 aromatic carbocycles. The summed E-state index contributed by atoms with van der Waals surface area (Å²) >= 11 is 0. The molecular formula is C14H17N3O2. The molecular weight excluding hydrogens is 242 g/mol. The summed E-state index contributed by atoms with van der Waals surface area (Å²) in [5, 5.41) is 11.9. The van der Waals surface area contributed by atoms with Crippen molar-refractivity contribution in [1.29, 1.82) is 5.26 Å². The Balaban J connectivity index is 2.36. The highest BCUT2D eigenvalue weighted by molar-refractivity contribution is 5.89. The van der Waals surface area contributed by atoms with Crippen LogP contribution in [0.1, 0.15) is 25.0 Å². The number of carbonyl (C=O) groups excluding carboxylic acids is 1. The molecule has 100 valence electrons. The van der Waals surface area contributed by atoms with E-state index >= 15 is 0 Å². The molecule has 5 nitrogen and oxygen atoms in total. The molecule has 5 heteroatoms. The summed E-state index contributed by atoms with van der Waals surface area (Å²) in [6.45, 7) is 3.96. The van der Waals surface area contributed by atoms with Crippen LogP contribution >= 0.6 is 0 Å². The summed E-state index contributed by atoms with van der Waals surface area (Å²) < 4.78 is 5.78. The van der Waals surface area contributed by atoms with Crippen LogP contribution in [0, 0.1) is 11.3 Å². The lowest BCUT2D eigenvalue weighted by Gasteiger charge is -2.17. The first kappa shape index (κ1) is 13.2. The van der Waals surface area contributed by atoms with Crippen molar-refractivity contribution in [1.82, 2.24) is 4.90 Å². The minimum absolute atomic E-state index is 0.220. The Morgan fingerprint density at radius 2 is 2.16 bits per heavy atom. The van der Waals surface area contributed by atoms with Gasteiger partial charge in [-0.2, -0.15) is 5.26 Å². The van der Waals surface area contributed by atoms with Crippen LogP contribution in [0.3, 0.4) is 0 Å². The molecule has 2 amide bonds. The number of amides is 2. The van der Waals surface area contributed by atoms with Crippen LogP contribution in [0.15, 0.2) is 12.1 Å². The van der Waals surface area contributed by atoms with E-state index < -0.39 is 0 Å². The largest absolute Gasteiger partial charge is 0.486 e. The van der Waals surface area contributed by atoms with Gasteiger partial charge in [0.1, 0.15) is 17.4 Å². The fraction of sp³-hybridized carbons (Fsp3) is 0.429. The van der Waals surface area contributed by atoms with Crippen LogP contribution in [-0.4, -0.2) is 30.6 Å². The number of nitrogens with zero attached hydrogens (tertiary/aromatic N) is 2. The van der Waals surface area contributed by atoms with Crippen molar-refractivity contribution in [3.8, 4) is 11.8 Å². The number of fused-ring (bicyclic) bond motifs is 1. The van der Waals surface area contributed by atoms with E-state index in [4.69, 9.17) is 4.74 Å². The quantitative estimate of drug-likeness (QED) is 0.842. The zero-order chi connectivity index (χ0) is 14.2. The van der Waals surface area contributed by atoms with Gasteiger partial charge in [0.05, 0.1) is 5.56 Å². The Kier molecular flexibility index (Phi) is 3.11. The summed E-state index contributed by atoms with van der Waals surface area (Å²) in [4.78, 5) is 13.1. The molecule has 1 heterocycles. The Hall–Kier alpha value is -2.22. The van der Waals surface area contributed by atoms with Crippen molar-refractivity contribution in [3.05, 3.63) is 23.3 Å². The SMILES string of the molecule is CN(C)C(=O)Nc1cc(C#N)c2c(c1)CC(C)(C)O2. The molecule has 0 aromatic heterocycles. The van der Waals surface area contributed by atoms with Crippen LogP contribution in [0.4, 0.5) is 10.5 Å². The molecule has 1 N–H and O–H groups in total. The molecule has 0 aliphatic carbocycles. The van der Waals surface area contributed by atoms with Gasteiger partial charge in [-0.15, -0.1) is 0 Å². The third-order valence-electron chi connectivity index (χ3n) is 2.94. The zero-order valence-electron chi connectivity index (χ0n) is 11.6. The number of nitriles is 1.